The summed E-state index contributed by atoms with van der Waals surface area (Å²) >= 11 is 0. The Morgan fingerprint density at radius 3 is 2.27 bits per heavy atom. The number of hydrogen-bond donors (Lipinski definition) is 3. The topological polar surface area (TPSA) is 95.1 Å². The van der Waals surface area contributed by atoms with Crippen LogP contribution in [0.2, 0.25) is 0 Å². The fourth-order valence-electron chi connectivity index (χ4n) is 4.78. The summed E-state index contributed by atoms with van der Waals surface area (Å²) in [4.78, 5) is 15.9. The summed E-state index contributed by atoms with van der Waals surface area (Å²) in [6.45, 7) is 3.90. The van der Waals surface area contributed by atoms with Crippen molar-refractivity contribution >= 4 is 28.8 Å². The maximum absolute atomic E-state index is 13.6. The second-order valence-electron chi connectivity index (χ2n) is 9.47. The van der Waals surface area contributed by atoms with Gasteiger partial charge >= 0.3 is 12.1 Å². The lowest BCUT2D eigenvalue weighted by atomic mass is 9.99. The van der Waals surface area contributed by atoms with Gasteiger partial charge in [0, 0.05) is 22.9 Å². The number of nitrogens with zero attached hydrogens (tertiary/aromatic N) is 2. The standard InChI is InChI=1S/C31H23F3N2O4/c1-17-11-18(2)13-20(12-17)23-7-4-8-26(28(23)37)35-16-25-24-10-9-21(31(32,33)34)15-27(24)36(29(25)38)22-6-3-5-19(14-22)30(39)40/h3-16,37-38H,1-2H3,(H,39,40). The van der Waals surface area contributed by atoms with Crippen molar-refractivity contribution in [2.75, 3.05) is 0 Å². The van der Waals surface area contributed by atoms with Crippen molar-refractivity contribution in [3.8, 4) is 28.4 Å². The van der Waals surface area contributed by atoms with E-state index >= 15 is 0 Å². The lowest BCUT2D eigenvalue weighted by Gasteiger charge is -2.10. The molecule has 0 atom stereocenters. The van der Waals surface area contributed by atoms with Crippen LogP contribution >= 0.6 is 0 Å². The minimum absolute atomic E-state index is 0.00419. The van der Waals surface area contributed by atoms with Crippen LogP contribution in [-0.4, -0.2) is 32.1 Å². The number of carboxylic acids is 1. The van der Waals surface area contributed by atoms with Crippen LogP contribution in [0.25, 0.3) is 27.7 Å². The number of halogens is 3. The zero-order chi connectivity index (χ0) is 28.8. The van der Waals surface area contributed by atoms with Crippen molar-refractivity contribution in [3.05, 3.63) is 107 Å². The first-order valence-electron chi connectivity index (χ1n) is 12.2. The molecule has 0 amide bonds. The number of phenols is 1. The molecule has 0 bridgehead atoms. The van der Waals surface area contributed by atoms with Crippen molar-refractivity contribution in [2.24, 2.45) is 4.99 Å². The number of alkyl halides is 3. The second kappa shape index (κ2) is 9.92. The van der Waals surface area contributed by atoms with Crippen molar-refractivity contribution in [2.45, 2.75) is 20.0 Å². The number of aromatic hydroxyl groups is 2. The smallest absolute Gasteiger partial charge is 0.416 e. The van der Waals surface area contributed by atoms with E-state index in [9.17, 15) is 33.3 Å². The third-order valence-corrected chi connectivity index (χ3v) is 6.54. The van der Waals surface area contributed by atoms with Gasteiger partial charge in [-0.25, -0.2) is 4.79 Å². The van der Waals surface area contributed by atoms with Crippen LogP contribution in [0.1, 0.15) is 32.6 Å². The van der Waals surface area contributed by atoms with Gasteiger partial charge in [0.05, 0.1) is 22.2 Å². The van der Waals surface area contributed by atoms with Crippen molar-refractivity contribution in [1.82, 2.24) is 4.57 Å². The Bertz CT molecular complexity index is 1800. The first kappa shape index (κ1) is 26.6. The molecule has 0 saturated carbocycles. The summed E-state index contributed by atoms with van der Waals surface area (Å²) in [5, 5.41) is 31.9. The number of aromatic carboxylic acids is 1. The molecule has 5 rings (SSSR count). The molecule has 0 aliphatic carbocycles. The van der Waals surface area contributed by atoms with Crippen LogP contribution in [-0.2, 0) is 6.18 Å². The molecule has 4 aromatic carbocycles. The van der Waals surface area contributed by atoms with E-state index in [1.54, 1.807) is 18.2 Å². The largest absolute Gasteiger partial charge is 0.505 e. The Labute approximate surface area is 226 Å². The predicted octanol–water partition coefficient (Wildman–Crippen LogP) is 7.79. The number of fused-ring (bicyclic) bond motifs is 1. The molecule has 0 unspecified atom stereocenters. The highest BCUT2D eigenvalue weighted by molar-refractivity contribution is 6.04. The van der Waals surface area contributed by atoms with Gasteiger partial charge in [0.25, 0.3) is 0 Å². The average Bonchev–Trinajstić information content (AvgIpc) is 3.17. The fourth-order valence-corrected chi connectivity index (χ4v) is 4.78. The van der Waals surface area contributed by atoms with Crippen LogP contribution in [0.4, 0.5) is 18.9 Å². The van der Waals surface area contributed by atoms with Crippen LogP contribution in [0.5, 0.6) is 11.6 Å². The molecular weight excluding hydrogens is 521 g/mol. The van der Waals surface area contributed by atoms with Crippen LogP contribution in [0, 0.1) is 13.8 Å². The van der Waals surface area contributed by atoms with Crippen LogP contribution in [0.3, 0.4) is 0 Å². The van der Waals surface area contributed by atoms with Crippen molar-refractivity contribution in [1.29, 1.82) is 0 Å². The fraction of sp³-hybridized carbons (Fsp3) is 0.0968. The SMILES string of the molecule is Cc1cc(C)cc(-c2cccc(N=Cc3c(O)n(-c4cccc(C(=O)O)c4)c4cc(C(F)(F)F)ccc34)c2O)c1. The molecule has 40 heavy (non-hydrogen) atoms. The molecule has 0 aliphatic heterocycles. The summed E-state index contributed by atoms with van der Waals surface area (Å²) in [6.07, 6.45) is -3.38. The average molecular weight is 545 g/mol. The molecule has 202 valence electrons. The number of aromatic nitrogens is 1. The Balaban J connectivity index is 1.68. The van der Waals surface area contributed by atoms with E-state index in [0.29, 0.717) is 5.56 Å². The summed E-state index contributed by atoms with van der Waals surface area (Å²) in [7, 11) is 0. The number of hydrogen-bond acceptors (Lipinski definition) is 4. The van der Waals surface area contributed by atoms with Crippen molar-refractivity contribution < 1.29 is 33.3 Å². The Morgan fingerprint density at radius 1 is 0.900 bits per heavy atom. The highest BCUT2D eigenvalue weighted by Crippen LogP contribution is 2.40. The number of para-hydroxylation sites is 1. The van der Waals surface area contributed by atoms with E-state index < -0.39 is 23.6 Å². The van der Waals surface area contributed by atoms with E-state index in [2.05, 4.69) is 4.99 Å². The number of carbonyl (C=O) groups is 1. The van der Waals surface area contributed by atoms with E-state index in [4.69, 9.17) is 0 Å². The maximum Gasteiger partial charge on any atom is 0.416 e. The van der Waals surface area contributed by atoms with Gasteiger partial charge in [-0.05, 0) is 55.8 Å². The van der Waals surface area contributed by atoms with Gasteiger partial charge in [0.15, 0.2) is 0 Å². The molecule has 5 aromatic rings. The second-order valence-corrected chi connectivity index (χ2v) is 9.47. The summed E-state index contributed by atoms with van der Waals surface area (Å²) in [6, 6.07) is 19.4. The number of carboxylic acid groups (broad SMARTS) is 1. The molecule has 0 spiro atoms. The lowest BCUT2D eigenvalue weighted by Crippen LogP contribution is -2.05. The van der Waals surface area contributed by atoms with Crippen LogP contribution in [0.15, 0.2) is 83.9 Å². The molecule has 6 nitrogen and oxygen atoms in total. The zero-order valence-corrected chi connectivity index (χ0v) is 21.4. The summed E-state index contributed by atoms with van der Waals surface area (Å²) in [5.74, 6) is -1.76. The van der Waals surface area contributed by atoms with Crippen LogP contribution < -0.4 is 0 Å². The Kier molecular flexibility index (Phi) is 6.59. The highest BCUT2D eigenvalue weighted by atomic mass is 19.4. The first-order chi connectivity index (χ1) is 18.9. The molecule has 1 heterocycles. The number of aryl methyl sites for hydroxylation is 2. The zero-order valence-electron chi connectivity index (χ0n) is 21.4. The predicted molar refractivity (Wildman–Crippen MR) is 147 cm³/mol. The van der Waals surface area contributed by atoms with Gasteiger partial charge in [-0.1, -0.05) is 53.6 Å². The van der Waals surface area contributed by atoms with Gasteiger partial charge in [0.2, 0.25) is 5.88 Å². The molecule has 9 heteroatoms. The molecular formula is C31H23F3N2O4. The molecule has 3 N–H and O–H groups in total. The molecule has 1 aromatic heterocycles. The van der Waals surface area contributed by atoms with Gasteiger partial charge in [-0.15, -0.1) is 0 Å². The number of phenolic OH excluding ortho intramolecular Hbond substituents is 1. The lowest BCUT2D eigenvalue weighted by molar-refractivity contribution is -0.137. The minimum Gasteiger partial charge on any atom is -0.505 e. The maximum atomic E-state index is 13.6. The number of aliphatic imine (C=N–C) groups is 1. The van der Waals surface area contributed by atoms with Gasteiger partial charge < -0.3 is 15.3 Å². The van der Waals surface area contributed by atoms with E-state index in [1.165, 1.54) is 36.5 Å². The third-order valence-electron chi connectivity index (χ3n) is 6.54. The quantitative estimate of drug-likeness (QED) is 0.197. The van der Waals surface area contributed by atoms with E-state index in [-0.39, 0.29) is 39.2 Å². The minimum atomic E-state index is -4.64. The molecule has 0 aliphatic rings. The van der Waals surface area contributed by atoms with Gasteiger partial charge in [-0.3, -0.25) is 9.56 Å². The normalized spacial score (nSPS) is 11.9. The number of benzene rings is 4. The number of rotatable bonds is 5. The Hall–Kier alpha value is -5.05. The molecule has 0 fully saturated rings. The first-order valence-corrected chi connectivity index (χ1v) is 12.2. The Morgan fingerprint density at radius 2 is 1.60 bits per heavy atom. The monoisotopic (exact) mass is 544 g/mol. The third kappa shape index (κ3) is 4.89. The summed E-state index contributed by atoms with van der Waals surface area (Å²) < 4.78 is 41.8. The molecule has 0 radical (unpaired) electrons. The van der Waals surface area contributed by atoms with Gasteiger partial charge in [-0.2, -0.15) is 13.2 Å². The summed E-state index contributed by atoms with van der Waals surface area (Å²) in [5.41, 5.74) is 2.79. The highest BCUT2D eigenvalue weighted by Gasteiger charge is 2.32. The van der Waals surface area contributed by atoms with E-state index in [0.717, 1.165) is 33.4 Å². The van der Waals surface area contributed by atoms with Crippen molar-refractivity contribution in [3.63, 3.8) is 0 Å². The van der Waals surface area contributed by atoms with Gasteiger partial charge in [0.1, 0.15) is 11.4 Å². The van der Waals surface area contributed by atoms with E-state index in [1.807, 2.05) is 32.0 Å². The molecule has 0 saturated heterocycles.